The van der Waals surface area contributed by atoms with Crippen LogP contribution in [0.1, 0.15) is 154 Å². The van der Waals surface area contributed by atoms with Crippen LogP contribution in [0.3, 0.4) is 0 Å². The normalized spacial score (nSPS) is 42.4. The van der Waals surface area contributed by atoms with Crippen LogP contribution < -0.4 is 10.6 Å². The van der Waals surface area contributed by atoms with Gasteiger partial charge in [-0.2, -0.15) is 16.8 Å². The Hall–Kier alpha value is -2.24. The summed E-state index contributed by atoms with van der Waals surface area (Å²) in [4.78, 5) is 36.3. The highest BCUT2D eigenvalue weighted by atomic mass is 32.2. The molecule has 2 amide bonds. The van der Waals surface area contributed by atoms with Gasteiger partial charge in [0.1, 0.15) is 0 Å². The van der Waals surface area contributed by atoms with Gasteiger partial charge >= 0.3 is 0 Å². The number of hydrogen-bond acceptors (Lipinski definition) is 10. The molecule has 0 saturated heterocycles. The molecule has 16 heteroatoms. The van der Waals surface area contributed by atoms with E-state index in [-0.39, 0.29) is 70.6 Å². The smallest absolute Gasteiger partial charge is 0.266 e. The van der Waals surface area contributed by atoms with Gasteiger partial charge in [-0.25, -0.2) is 0 Å². The first kappa shape index (κ1) is 50.7. The van der Waals surface area contributed by atoms with Crippen molar-refractivity contribution < 1.29 is 45.7 Å². The first-order valence-corrected chi connectivity index (χ1v) is 29.7. The Morgan fingerprint density at radius 2 is 0.956 bits per heavy atom. The molecular weight excluding hydrogens is 905 g/mol. The van der Waals surface area contributed by atoms with Crippen LogP contribution in [0, 0.1) is 92.7 Å². The molecule has 2 unspecified atom stereocenters. The summed E-state index contributed by atoms with van der Waals surface area (Å²) in [6.45, 7) is 14.2. The molecule has 6 N–H and O–H groups in total. The highest BCUT2D eigenvalue weighted by molar-refractivity contribution is 7.86. The van der Waals surface area contributed by atoms with E-state index in [2.05, 4.69) is 52.2 Å². The summed E-state index contributed by atoms with van der Waals surface area (Å²) in [7, 11) is -8.24. The highest BCUT2D eigenvalue weighted by Crippen LogP contribution is 2.70. The maximum absolute atomic E-state index is 12.6. The molecule has 68 heavy (non-hydrogen) atoms. The second kappa shape index (κ2) is 18.4. The number of fused-ring (bicyclic) bond motifs is 12. The molecule has 0 spiro atoms. The van der Waals surface area contributed by atoms with Gasteiger partial charge in [-0.1, -0.05) is 41.5 Å². The van der Waals surface area contributed by atoms with Crippen LogP contribution >= 0.6 is 0 Å². The third-order valence-electron chi connectivity index (χ3n) is 21.9. The quantitative estimate of drug-likeness (QED) is 0.111. The minimum Gasteiger partial charge on any atom is -0.393 e. The van der Waals surface area contributed by atoms with Gasteiger partial charge in [0.05, 0.1) is 46.5 Å². The largest absolute Gasteiger partial charge is 0.393 e. The topological polar surface area (TPSA) is 233 Å². The lowest BCUT2D eigenvalue weighted by molar-refractivity contribution is -0.158. The van der Waals surface area contributed by atoms with E-state index in [4.69, 9.17) is 19.1 Å². The monoisotopic (exact) mass is 987 g/mol. The minimum absolute atomic E-state index is 0.0198. The fourth-order valence-corrected chi connectivity index (χ4v) is 19.2. The van der Waals surface area contributed by atoms with Gasteiger partial charge in [-0.3, -0.25) is 28.7 Å². The Balaban J connectivity index is 0.856. The molecule has 6 fully saturated rings. The number of nitrogens with one attached hydrogen (secondary N) is 2. The predicted molar refractivity (Wildman–Crippen MR) is 258 cm³/mol. The summed E-state index contributed by atoms with van der Waals surface area (Å²) in [6.07, 6.45) is 15.2. The van der Waals surface area contributed by atoms with Crippen molar-refractivity contribution >= 4 is 32.1 Å². The molecule has 0 bridgehead atoms. The molecule has 8 aliphatic rings. The van der Waals surface area contributed by atoms with Crippen LogP contribution in [-0.4, -0.2) is 94.7 Å². The molecule has 1 heterocycles. The molecule has 0 aromatic carbocycles. The van der Waals surface area contributed by atoms with Gasteiger partial charge < -0.3 is 20.8 Å². The molecule has 14 nitrogen and oxygen atoms in total. The molecular formula is C52H82N4O10S2. The van der Waals surface area contributed by atoms with Gasteiger partial charge in [0.25, 0.3) is 20.2 Å². The Bertz CT molecular complexity index is 2170. The van der Waals surface area contributed by atoms with Gasteiger partial charge in [0, 0.05) is 25.9 Å². The van der Waals surface area contributed by atoms with Crippen molar-refractivity contribution in [2.24, 2.45) is 92.7 Å². The fourth-order valence-electron chi connectivity index (χ4n) is 18.5. The van der Waals surface area contributed by atoms with E-state index in [9.17, 15) is 36.6 Å². The Labute approximate surface area is 406 Å². The molecule has 8 aliphatic carbocycles. The minimum atomic E-state index is -4.12. The molecule has 0 aliphatic heterocycles. The molecule has 0 radical (unpaired) electrons. The Kier molecular flexibility index (Phi) is 13.7. The van der Waals surface area contributed by atoms with Gasteiger partial charge in [0.15, 0.2) is 0 Å². The number of carbonyl (C=O) groups is 2. The van der Waals surface area contributed by atoms with Crippen molar-refractivity contribution in [1.29, 1.82) is 0 Å². The summed E-state index contributed by atoms with van der Waals surface area (Å²) < 4.78 is 62.5. The van der Waals surface area contributed by atoms with E-state index >= 15 is 0 Å². The molecule has 382 valence electrons. The van der Waals surface area contributed by atoms with E-state index in [0.29, 0.717) is 72.0 Å². The molecule has 1 aromatic rings. The first-order chi connectivity index (χ1) is 31.8. The number of rotatable bonds is 14. The number of aromatic nitrogens is 2. The molecule has 1 aromatic heterocycles. The zero-order chi connectivity index (χ0) is 48.9. The third-order valence-corrected chi connectivity index (χ3v) is 23.3. The number of aliphatic hydroxyl groups excluding tert-OH is 2. The maximum atomic E-state index is 12.6. The van der Waals surface area contributed by atoms with Crippen molar-refractivity contribution in [2.45, 2.75) is 169 Å². The lowest BCUT2D eigenvalue weighted by Crippen LogP contribution is -2.60. The summed E-state index contributed by atoms with van der Waals surface area (Å²) in [5, 5.41) is 29.7. The number of aliphatic hydroxyl groups is 2. The second-order valence-corrected chi connectivity index (χ2v) is 28.3. The van der Waals surface area contributed by atoms with E-state index in [1.165, 1.54) is 0 Å². The van der Waals surface area contributed by atoms with Gasteiger partial charge in [-0.05, 0) is 195 Å². The molecule has 18 atom stereocenters. The fraction of sp³-hybridized carbons (Fsp3) is 0.885. The van der Waals surface area contributed by atoms with Crippen molar-refractivity contribution in [1.82, 2.24) is 20.6 Å². The summed E-state index contributed by atoms with van der Waals surface area (Å²) in [5.41, 5.74) is 4.80. The summed E-state index contributed by atoms with van der Waals surface area (Å²) in [6, 6.07) is 0. The predicted octanol–water partition coefficient (Wildman–Crippen LogP) is 6.41. The van der Waals surface area contributed by atoms with Crippen LogP contribution in [0.15, 0.2) is 0 Å². The number of carbonyl (C=O) groups excluding carboxylic acids is 2. The van der Waals surface area contributed by atoms with Crippen LogP contribution in [0.5, 0.6) is 0 Å². The van der Waals surface area contributed by atoms with Crippen molar-refractivity contribution in [3.63, 3.8) is 0 Å². The highest BCUT2D eigenvalue weighted by Gasteiger charge is 2.65. The summed E-state index contributed by atoms with van der Waals surface area (Å²) >= 11 is 0. The maximum Gasteiger partial charge on any atom is 0.266 e. The van der Waals surface area contributed by atoms with Crippen molar-refractivity contribution in [3.8, 4) is 0 Å². The van der Waals surface area contributed by atoms with Crippen molar-refractivity contribution in [3.05, 3.63) is 22.8 Å². The van der Waals surface area contributed by atoms with E-state index < -0.39 is 31.7 Å². The zero-order valence-electron chi connectivity index (χ0n) is 41.6. The number of hydrogen-bond donors (Lipinski definition) is 6. The van der Waals surface area contributed by atoms with Crippen molar-refractivity contribution in [2.75, 3.05) is 24.6 Å². The lowest BCUT2D eigenvalue weighted by atomic mass is 9.43. The van der Waals surface area contributed by atoms with Crippen LogP contribution in [0.2, 0.25) is 0 Å². The van der Waals surface area contributed by atoms with Crippen LogP contribution in [0.25, 0.3) is 0 Å². The van der Waals surface area contributed by atoms with E-state index in [0.717, 1.165) is 126 Å². The average molecular weight is 987 g/mol. The Morgan fingerprint density at radius 1 is 0.588 bits per heavy atom. The number of amides is 2. The third kappa shape index (κ3) is 9.14. The zero-order valence-corrected chi connectivity index (χ0v) is 43.2. The molecule has 6 saturated carbocycles. The second-order valence-electron chi connectivity index (χ2n) is 25.1. The van der Waals surface area contributed by atoms with E-state index in [1.54, 1.807) is 0 Å². The van der Waals surface area contributed by atoms with Gasteiger partial charge in [0.2, 0.25) is 11.8 Å². The summed E-state index contributed by atoms with van der Waals surface area (Å²) in [5.74, 6) is 2.98. The SMILES string of the molecule is C[C@H](CCC(=O)NCCS(=O)(=O)O)[C@H]1CC[C@H]2[C@@H]3[C@@H](O)CC4Cc5nc6c(nc5C[C@]4(C)[C@H]3CC[C@]12C)CC1C[C@H](O)[C@H]2[C@@H]3CC[C@H]([C@@H](C)CCC(=O)NCCS(=O)(=O)O)[C@@]3(C)CC[C@@H]2[C@@]1(C)C6. The lowest BCUT2D eigenvalue weighted by Gasteiger charge is -2.62. The Morgan fingerprint density at radius 3 is 1.32 bits per heavy atom. The average Bonchev–Trinajstić information content (AvgIpc) is 3.79. The van der Waals surface area contributed by atoms with Gasteiger partial charge in [-0.15, -0.1) is 0 Å². The van der Waals surface area contributed by atoms with Crippen LogP contribution in [-0.2, 0) is 55.5 Å². The van der Waals surface area contributed by atoms with E-state index in [1.807, 2.05) is 0 Å². The first-order valence-electron chi connectivity index (χ1n) is 26.5. The number of nitrogens with zero attached hydrogens (tertiary/aromatic N) is 2. The standard InChI is InChI=1S/C52H82N4O10S2/c1-29(7-13-45(59)53-19-21-67(61,62)63)33-9-11-35-47-37(15-17-49(33,35)3)51(5)27-41-39(23-31(51)25-43(47)57)56-42-28-52(6)32(24-40(42)55-41)26-44(58)48-36-12-10-34(50(36,4)18-16-38(48)52)30(2)8-14-46(60)54-20-22-68(64,65)66/h29-38,43-44,47-48,57-58H,7-28H2,1-6H3,(H,53,59)(H,54,60)(H,61,62,63)(H,64,65,66)/t29-,30+,31?,32?,33-,34-,35+,36+,37+,38+,43+,44+,47+,48+,49-,50-,51+,52+/m1/s1. The molecule has 9 rings (SSSR count). The van der Waals surface area contributed by atoms with Crippen LogP contribution in [0.4, 0.5) is 0 Å².